The second-order valence-corrected chi connectivity index (χ2v) is 4.32. The molecule has 0 radical (unpaired) electrons. The molecule has 5 nitrogen and oxygen atoms in total. The van der Waals surface area contributed by atoms with Crippen molar-refractivity contribution in [2.45, 2.75) is 13.5 Å². The summed E-state index contributed by atoms with van der Waals surface area (Å²) in [5, 5.41) is 8.75. The third-order valence-electron chi connectivity index (χ3n) is 2.85. The average Bonchev–Trinajstić information content (AvgIpc) is 2.44. The third kappa shape index (κ3) is 3.05. The first kappa shape index (κ1) is 13.8. The molecule has 0 saturated carbocycles. The van der Waals surface area contributed by atoms with Crippen molar-refractivity contribution in [1.29, 1.82) is 0 Å². The minimum absolute atomic E-state index is 0.216. The van der Waals surface area contributed by atoms with Crippen molar-refractivity contribution in [3.05, 3.63) is 68.0 Å². The minimum atomic E-state index is -0.453. The molecule has 5 heteroatoms. The average molecular weight is 270 g/mol. The fourth-order valence-corrected chi connectivity index (χ4v) is 1.83. The van der Waals surface area contributed by atoms with Gasteiger partial charge >= 0.3 is 5.69 Å². The Balaban J connectivity index is 2.43. The largest absolute Gasteiger partial charge is 0.384 e. The highest BCUT2D eigenvalue weighted by Gasteiger charge is 2.04. The van der Waals surface area contributed by atoms with E-state index in [1.54, 1.807) is 6.92 Å². The zero-order chi connectivity index (χ0) is 14.5. The van der Waals surface area contributed by atoms with Gasteiger partial charge in [-0.3, -0.25) is 14.3 Å². The molecular weight excluding hydrogens is 256 g/mol. The van der Waals surface area contributed by atoms with E-state index in [2.05, 4.69) is 16.8 Å². The molecule has 2 N–H and O–H groups in total. The Morgan fingerprint density at radius 2 is 2.05 bits per heavy atom. The molecule has 0 fully saturated rings. The lowest BCUT2D eigenvalue weighted by Crippen LogP contribution is -2.31. The standard InChI is InChI=1S/C15H14N2O3/c1-11-9-17(15(20)16-14(11)19)10-13-6-3-2-5-12(13)7-4-8-18/h2-3,5-6,9,18H,8,10H2,1H3,(H,16,19,20). The molecule has 0 aliphatic heterocycles. The summed E-state index contributed by atoms with van der Waals surface area (Å²) in [6.07, 6.45) is 1.53. The summed E-state index contributed by atoms with van der Waals surface area (Å²) in [5.74, 6) is 5.43. The smallest absolute Gasteiger partial charge is 0.328 e. The summed E-state index contributed by atoms with van der Waals surface area (Å²) in [7, 11) is 0. The first-order chi connectivity index (χ1) is 9.61. The number of hydrogen-bond donors (Lipinski definition) is 2. The maximum Gasteiger partial charge on any atom is 0.328 e. The van der Waals surface area contributed by atoms with E-state index in [1.165, 1.54) is 10.8 Å². The predicted molar refractivity (Wildman–Crippen MR) is 75.6 cm³/mol. The van der Waals surface area contributed by atoms with Crippen LogP contribution in [0.3, 0.4) is 0 Å². The monoisotopic (exact) mass is 270 g/mol. The third-order valence-corrected chi connectivity index (χ3v) is 2.85. The van der Waals surface area contributed by atoms with Gasteiger partial charge in [-0.1, -0.05) is 30.0 Å². The zero-order valence-corrected chi connectivity index (χ0v) is 11.0. The lowest BCUT2D eigenvalue weighted by molar-refractivity contribution is 0.350. The van der Waals surface area contributed by atoms with Crippen LogP contribution in [0.5, 0.6) is 0 Å². The lowest BCUT2D eigenvalue weighted by atomic mass is 10.1. The van der Waals surface area contributed by atoms with Gasteiger partial charge in [0.25, 0.3) is 5.56 Å². The Morgan fingerprint density at radius 1 is 1.30 bits per heavy atom. The van der Waals surface area contributed by atoms with Gasteiger partial charge in [-0.05, 0) is 18.6 Å². The first-order valence-electron chi connectivity index (χ1n) is 6.10. The molecule has 0 bridgehead atoms. The maximum atomic E-state index is 11.8. The van der Waals surface area contributed by atoms with Crippen LogP contribution in [-0.4, -0.2) is 21.3 Å². The summed E-state index contributed by atoms with van der Waals surface area (Å²) in [6, 6.07) is 7.37. The Hall–Kier alpha value is -2.58. The van der Waals surface area contributed by atoms with Crippen molar-refractivity contribution < 1.29 is 5.11 Å². The molecule has 102 valence electrons. The molecule has 1 aromatic heterocycles. The molecule has 1 aromatic carbocycles. The quantitative estimate of drug-likeness (QED) is 0.767. The molecule has 2 rings (SSSR count). The van der Waals surface area contributed by atoms with Crippen LogP contribution in [0.4, 0.5) is 0 Å². The van der Waals surface area contributed by atoms with Gasteiger partial charge in [0.15, 0.2) is 0 Å². The van der Waals surface area contributed by atoms with Crippen LogP contribution in [0, 0.1) is 18.8 Å². The van der Waals surface area contributed by atoms with E-state index >= 15 is 0 Å². The van der Waals surface area contributed by atoms with E-state index in [1.807, 2.05) is 24.3 Å². The zero-order valence-electron chi connectivity index (χ0n) is 11.0. The van der Waals surface area contributed by atoms with Crippen LogP contribution in [0.25, 0.3) is 0 Å². The Morgan fingerprint density at radius 3 is 2.80 bits per heavy atom. The molecule has 0 aliphatic carbocycles. The van der Waals surface area contributed by atoms with Crippen LogP contribution >= 0.6 is 0 Å². The molecular formula is C15H14N2O3. The predicted octanol–water partition coefficient (Wildman–Crippen LogP) is 0.237. The number of nitrogens with zero attached hydrogens (tertiary/aromatic N) is 1. The molecule has 20 heavy (non-hydrogen) atoms. The fraction of sp³-hybridized carbons (Fsp3) is 0.200. The number of aromatic nitrogens is 2. The van der Waals surface area contributed by atoms with Gasteiger partial charge in [0.05, 0.1) is 6.54 Å². The number of rotatable bonds is 2. The topological polar surface area (TPSA) is 75.1 Å². The van der Waals surface area contributed by atoms with Crippen molar-refractivity contribution in [3.63, 3.8) is 0 Å². The summed E-state index contributed by atoms with van der Waals surface area (Å²) >= 11 is 0. The van der Waals surface area contributed by atoms with E-state index < -0.39 is 5.69 Å². The summed E-state index contributed by atoms with van der Waals surface area (Å²) < 4.78 is 1.43. The van der Waals surface area contributed by atoms with Gasteiger partial charge in [0.1, 0.15) is 6.61 Å². The van der Waals surface area contributed by atoms with Gasteiger partial charge in [-0.15, -0.1) is 0 Å². The fourth-order valence-electron chi connectivity index (χ4n) is 1.83. The number of hydrogen-bond acceptors (Lipinski definition) is 3. The molecule has 0 spiro atoms. The Kier molecular flexibility index (Phi) is 4.18. The lowest BCUT2D eigenvalue weighted by Gasteiger charge is -2.08. The van der Waals surface area contributed by atoms with Gasteiger partial charge in [-0.2, -0.15) is 0 Å². The number of aryl methyl sites for hydroxylation is 1. The van der Waals surface area contributed by atoms with Gasteiger partial charge in [0.2, 0.25) is 0 Å². The Labute approximate surface area is 115 Å². The SMILES string of the molecule is Cc1cn(Cc2ccccc2C#CCO)c(=O)[nH]c1=O. The molecule has 0 atom stereocenters. The minimum Gasteiger partial charge on any atom is -0.384 e. The highest BCUT2D eigenvalue weighted by Crippen LogP contribution is 2.08. The highest BCUT2D eigenvalue weighted by atomic mass is 16.2. The van der Waals surface area contributed by atoms with Crippen molar-refractivity contribution in [2.75, 3.05) is 6.61 Å². The van der Waals surface area contributed by atoms with Crippen molar-refractivity contribution >= 4 is 0 Å². The van der Waals surface area contributed by atoms with Gasteiger partial charge < -0.3 is 5.11 Å². The molecule has 0 unspecified atom stereocenters. The van der Waals surface area contributed by atoms with Crippen LogP contribution in [0.2, 0.25) is 0 Å². The number of aliphatic hydroxyl groups excluding tert-OH is 1. The van der Waals surface area contributed by atoms with Crippen molar-refractivity contribution in [2.24, 2.45) is 0 Å². The molecule has 2 aromatic rings. The number of aromatic amines is 1. The van der Waals surface area contributed by atoms with Crippen LogP contribution in [0.1, 0.15) is 16.7 Å². The molecule has 0 amide bonds. The highest BCUT2D eigenvalue weighted by molar-refractivity contribution is 5.41. The van der Waals surface area contributed by atoms with Crippen LogP contribution in [0.15, 0.2) is 40.1 Å². The second-order valence-electron chi connectivity index (χ2n) is 4.32. The summed E-state index contributed by atoms with van der Waals surface area (Å²) in [4.78, 5) is 25.4. The number of aliphatic hydroxyl groups is 1. The van der Waals surface area contributed by atoms with Crippen molar-refractivity contribution in [1.82, 2.24) is 9.55 Å². The summed E-state index contributed by atoms with van der Waals surface area (Å²) in [6.45, 7) is 1.74. The molecule has 0 saturated heterocycles. The normalized spacial score (nSPS) is 9.90. The van der Waals surface area contributed by atoms with Crippen molar-refractivity contribution in [3.8, 4) is 11.8 Å². The Bertz CT molecular complexity index is 791. The van der Waals surface area contributed by atoms with E-state index in [-0.39, 0.29) is 12.2 Å². The summed E-state index contributed by atoms with van der Waals surface area (Å²) in [5.41, 5.74) is 1.24. The van der Waals surface area contributed by atoms with Gasteiger partial charge in [0, 0.05) is 17.3 Å². The maximum absolute atomic E-state index is 11.8. The number of benzene rings is 1. The van der Waals surface area contributed by atoms with Crippen LogP contribution < -0.4 is 11.2 Å². The van der Waals surface area contributed by atoms with Crippen LogP contribution in [-0.2, 0) is 6.54 Å². The second kappa shape index (κ2) is 6.04. The van der Waals surface area contributed by atoms with Gasteiger partial charge in [-0.25, -0.2) is 4.79 Å². The number of H-pyrrole nitrogens is 1. The van der Waals surface area contributed by atoms with E-state index in [0.717, 1.165) is 11.1 Å². The number of nitrogens with one attached hydrogen (secondary N) is 1. The van der Waals surface area contributed by atoms with E-state index in [9.17, 15) is 9.59 Å². The molecule has 1 heterocycles. The first-order valence-corrected chi connectivity index (χ1v) is 6.10. The van der Waals surface area contributed by atoms with E-state index in [4.69, 9.17) is 5.11 Å². The van der Waals surface area contributed by atoms with E-state index in [0.29, 0.717) is 12.1 Å². The molecule has 0 aliphatic rings.